The van der Waals surface area contributed by atoms with E-state index in [1.165, 1.54) is 5.56 Å². The van der Waals surface area contributed by atoms with E-state index in [9.17, 15) is 4.79 Å². The first-order valence-electron chi connectivity index (χ1n) is 5.66. The van der Waals surface area contributed by atoms with Crippen LogP contribution in [0.1, 0.15) is 27.2 Å². The highest BCUT2D eigenvalue weighted by Crippen LogP contribution is 2.08. The van der Waals surface area contributed by atoms with Crippen molar-refractivity contribution >= 4 is 5.78 Å². The van der Waals surface area contributed by atoms with Crippen LogP contribution in [0.15, 0.2) is 42.6 Å². The molecule has 0 saturated carbocycles. The number of pyridine rings is 1. The van der Waals surface area contributed by atoms with Gasteiger partial charge < -0.3 is 0 Å². The smallest absolute Gasteiger partial charge is 0.168 e. The van der Waals surface area contributed by atoms with E-state index in [2.05, 4.69) is 4.98 Å². The molecular formula is C15H15NO. The molecule has 0 fully saturated rings. The van der Waals surface area contributed by atoms with Crippen LogP contribution in [0.2, 0.25) is 0 Å². The molecule has 0 N–H and O–H groups in total. The molecule has 0 aliphatic rings. The Bertz CT molecular complexity index is 512. The van der Waals surface area contributed by atoms with Gasteiger partial charge in [0, 0.05) is 23.9 Å². The fraction of sp³-hybridized carbons (Fsp3) is 0.200. The van der Waals surface area contributed by atoms with Gasteiger partial charge in [0.2, 0.25) is 0 Å². The standard InChI is InChI=1S/C15H15NO/c1-11-3-6-13(7-4-11)9-15(17)14-8-5-12(2)16-10-14/h3-8,10H,9H2,1-2H3. The van der Waals surface area contributed by atoms with Crippen molar-refractivity contribution in [3.63, 3.8) is 0 Å². The van der Waals surface area contributed by atoms with Crippen LogP contribution in [0, 0.1) is 13.8 Å². The number of carbonyl (C=O) groups is 1. The van der Waals surface area contributed by atoms with Gasteiger partial charge in [0.1, 0.15) is 0 Å². The van der Waals surface area contributed by atoms with E-state index in [1.807, 2.05) is 50.2 Å². The molecule has 2 aromatic rings. The highest BCUT2D eigenvalue weighted by molar-refractivity contribution is 5.97. The maximum absolute atomic E-state index is 12.0. The third-order valence-corrected chi connectivity index (χ3v) is 2.72. The van der Waals surface area contributed by atoms with E-state index < -0.39 is 0 Å². The summed E-state index contributed by atoms with van der Waals surface area (Å²) in [6, 6.07) is 11.7. The lowest BCUT2D eigenvalue weighted by Crippen LogP contribution is -2.04. The molecule has 2 rings (SSSR count). The zero-order valence-electron chi connectivity index (χ0n) is 10.1. The van der Waals surface area contributed by atoms with E-state index in [1.54, 1.807) is 6.20 Å². The van der Waals surface area contributed by atoms with Gasteiger partial charge in [0.05, 0.1) is 0 Å². The summed E-state index contributed by atoms with van der Waals surface area (Å²) >= 11 is 0. The Morgan fingerprint density at radius 3 is 2.35 bits per heavy atom. The normalized spacial score (nSPS) is 10.2. The topological polar surface area (TPSA) is 30.0 Å². The Morgan fingerprint density at radius 1 is 1.06 bits per heavy atom. The average Bonchev–Trinajstić information content (AvgIpc) is 2.33. The fourth-order valence-electron chi connectivity index (χ4n) is 1.63. The lowest BCUT2D eigenvalue weighted by Gasteiger charge is -2.02. The van der Waals surface area contributed by atoms with Crippen LogP contribution < -0.4 is 0 Å². The Balaban J connectivity index is 2.11. The van der Waals surface area contributed by atoms with Crippen molar-refractivity contribution in [3.8, 4) is 0 Å². The summed E-state index contributed by atoms with van der Waals surface area (Å²) in [5, 5.41) is 0. The summed E-state index contributed by atoms with van der Waals surface area (Å²) in [4.78, 5) is 16.1. The Kier molecular flexibility index (Phi) is 3.33. The molecule has 0 aliphatic heterocycles. The molecule has 0 unspecified atom stereocenters. The molecule has 0 radical (unpaired) electrons. The van der Waals surface area contributed by atoms with Gasteiger partial charge in [-0.3, -0.25) is 9.78 Å². The minimum atomic E-state index is 0.112. The summed E-state index contributed by atoms with van der Waals surface area (Å²) in [5.41, 5.74) is 3.85. The van der Waals surface area contributed by atoms with Crippen LogP contribution in [0.4, 0.5) is 0 Å². The quantitative estimate of drug-likeness (QED) is 0.751. The summed E-state index contributed by atoms with van der Waals surface area (Å²) < 4.78 is 0. The van der Waals surface area contributed by atoms with Gasteiger partial charge >= 0.3 is 0 Å². The monoisotopic (exact) mass is 225 g/mol. The molecule has 1 heterocycles. The number of ketones is 1. The number of hydrogen-bond donors (Lipinski definition) is 0. The molecule has 2 heteroatoms. The number of hydrogen-bond acceptors (Lipinski definition) is 2. The van der Waals surface area contributed by atoms with Crippen LogP contribution in [-0.2, 0) is 6.42 Å². The fourth-order valence-corrected chi connectivity index (χ4v) is 1.63. The lowest BCUT2D eigenvalue weighted by molar-refractivity contribution is 0.0992. The third kappa shape index (κ3) is 3.00. The van der Waals surface area contributed by atoms with Crippen molar-refractivity contribution in [2.24, 2.45) is 0 Å². The number of rotatable bonds is 3. The van der Waals surface area contributed by atoms with Gasteiger partial charge in [-0.2, -0.15) is 0 Å². The van der Waals surface area contributed by atoms with Crippen molar-refractivity contribution < 1.29 is 4.79 Å². The first kappa shape index (κ1) is 11.5. The number of nitrogens with zero attached hydrogens (tertiary/aromatic N) is 1. The second-order valence-electron chi connectivity index (χ2n) is 4.27. The van der Waals surface area contributed by atoms with Gasteiger partial charge in [-0.1, -0.05) is 29.8 Å². The number of aryl methyl sites for hydroxylation is 2. The van der Waals surface area contributed by atoms with Gasteiger partial charge in [-0.05, 0) is 31.5 Å². The third-order valence-electron chi connectivity index (χ3n) is 2.72. The van der Waals surface area contributed by atoms with E-state index in [-0.39, 0.29) is 5.78 Å². The predicted octanol–water partition coefficient (Wildman–Crippen LogP) is 3.12. The molecular weight excluding hydrogens is 210 g/mol. The lowest BCUT2D eigenvalue weighted by atomic mass is 10.0. The summed E-state index contributed by atoms with van der Waals surface area (Å²) in [6.45, 7) is 3.95. The largest absolute Gasteiger partial charge is 0.294 e. The number of Topliss-reactive ketones (excluding diaryl/α,β-unsaturated/α-hetero) is 1. The van der Waals surface area contributed by atoms with Crippen LogP contribution in [0.3, 0.4) is 0 Å². The highest BCUT2D eigenvalue weighted by Gasteiger charge is 2.06. The second kappa shape index (κ2) is 4.91. The molecule has 86 valence electrons. The van der Waals surface area contributed by atoms with E-state index in [4.69, 9.17) is 0 Å². The Morgan fingerprint density at radius 2 is 1.76 bits per heavy atom. The minimum absolute atomic E-state index is 0.112. The van der Waals surface area contributed by atoms with Crippen molar-refractivity contribution in [1.82, 2.24) is 4.98 Å². The van der Waals surface area contributed by atoms with Crippen LogP contribution in [-0.4, -0.2) is 10.8 Å². The van der Waals surface area contributed by atoms with Crippen LogP contribution in [0.25, 0.3) is 0 Å². The predicted molar refractivity (Wildman–Crippen MR) is 68.2 cm³/mol. The highest BCUT2D eigenvalue weighted by atomic mass is 16.1. The maximum atomic E-state index is 12.0. The zero-order valence-corrected chi connectivity index (χ0v) is 10.1. The average molecular weight is 225 g/mol. The molecule has 0 saturated heterocycles. The van der Waals surface area contributed by atoms with Crippen LogP contribution >= 0.6 is 0 Å². The molecule has 0 bridgehead atoms. The molecule has 2 nitrogen and oxygen atoms in total. The van der Waals surface area contributed by atoms with E-state index in [0.29, 0.717) is 12.0 Å². The molecule has 0 spiro atoms. The maximum Gasteiger partial charge on any atom is 0.168 e. The molecule has 17 heavy (non-hydrogen) atoms. The van der Waals surface area contributed by atoms with Gasteiger partial charge in [-0.25, -0.2) is 0 Å². The van der Waals surface area contributed by atoms with Crippen molar-refractivity contribution in [2.45, 2.75) is 20.3 Å². The van der Waals surface area contributed by atoms with Crippen molar-refractivity contribution in [2.75, 3.05) is 0 Å². The van der Waals surface area contributed by atoms with Crippen molar-refractivity contribution in [1.29, 1.82) is 0 Å². The van der Waals surface area contributed by atoms with Crippen LogP contribution in [0.5, 0.6) is 0 Å². The Hall–Kier alpha value is -1.96. The molecule has 0 amide bonds. The summed E-state index contributed by atoms with van der Waals surface area (Å²) in [5.74, 6) is 0.112. The summed E-state index contributed by atoms with van der Waals surface area (Å²) in [7, 11) is 0. The van der Waals surface area contributed by atoms with E-state index >= 15 is 0 Å². The van der Waals surface area contributed by atoms with Gasteiger partial charge in [-0.15, -0.1) is 0 Å². The Labute approximate surface area is 101 Å². The number of benzene rings is 1. The second-order valence-corrected chi connectivity index (χ2v) is 4.27. The SMILES string of the molecule is Cc1ccc(CC(=O)c2ccc(C)nc2)cc1. The molecule has 0 aliphatic carbocycles. The zero-order chi connectivity index (χ0) is 12.3. The minimum Gasteiger partial charge on any atom is -0.294 e. The first-order chi connectivity index (χ1) is 8.15. The molecule has 0 atom stereocenters. The molecule has 1 aromatic carbocycles. The number of carbonyl (C=O) groups excluding carboxylic acids is 1. The molecule has 1 aromatic heterocycles. The van der Waals surface area contributed by atoms with E-state index in [0.717, 1.165) is 11.3 Å². The first-order valence-corrected chi connectivity index (χ1v) is 5.66. The van der Waals surface area contributed by atoms with Gasteiger partial charge in [0.25, 0.3) is 0 Å². The number of aromatic nitrogens is 1. The van der Waals surface area contributed by atoms with Crippen molar-refractivity contribution in [3.05, 3.63) is 65.0 Å². The summed E-state index contributed by atoms with van der Waals surface area (Å²) in [6.07, 6.45) is 2.08. The van der Waals surface area contributed by atoms with Gasteiger partial charge in [0.15, 0.2) is 5.78 Å².